The van der Waals surface area contributed by atoms with Gasteiger partial charge in [0.05, 0.1) is 32.0 Å². The van der Waals surface area contributed by atoms with Crippen molar-refractivity contribution in [1.29, 1.82) is 0 Å². The molecule has 9 N–H and O–H groups in total. The molecular formula is C64H119NO13. The van der Waals surface area contributed by atoms with Crippen molar-refractivity contribution >= 4 is 5.91 Å². The highest BCUT2D eigenvalue weighted by Gasteiger charge is 2.51. The van der Waals surface area contributed by atoms with Gasteiger partial charge in [0.25, 0.3) is 0 Å². The van der Waals surface area contributed by atoms with E-state index in [0.717, 1.165) is 51.4 Å². The van der Waals surface area contributed by atoms with Crippen molar-refractivity contribution in [1.82, 2.24) is 5.32 Å². The van der Waals surface area contributed by atoms with Crippen molar-refractivity contribution in [2.24, 2.45) is 0 Å². The van der Waals surface area contributed by atoms with Crippen LogP contribution in [-0.4, -0.2) is 140 Å². The number of carbonyl (C=O) groups is 1. The second-order valence-electron chi connectivity index (χ2n) is 22.9. The topological polar surface area (TPSA) is 228 Å². The molecule has 0 spiro atoms. The van der Waals surface area contributed by atoms with Crippen LogP contribution in [0.25, 0.3) is 0 Å². The van der Waals surface area contributed by atoms with E-state index in [1.165, 1.54) is 186 Å². The van der Waals surface area contributed by atoms with Crippen molar-refractivity contribution in [3.05, 3.63) is 36.5 Å². The molecule has 2 rings (SSSR count). The van der Waals surface area contributed by atoms with Gasteiger partial charge in [-0.25, -0.2) is 0 Å². The Kier molecular flexibility index (Phi) is 46.2. The second-order valence-corrected chi connectivity index (χ2v) is 22.9. The van der Waals surface area contributed by atoms with Crippen LogP contribution in [0.4, 0.5) is 0 Å². The minimum Gasteiger partial charge on any atom is -0.394 e. The zero-order valence-electron chi connectivity index (χ0n) is 49.4. The summed E-state index contributed by atoms with van der Waals surface area (Å²) in [6, 6.07) is -0.934. The van der Waals surface area contributed by atoms with Crippen LogP contribution < -0.4 is 5.32 Å². The first-order valence-corrected chi connectivity index (χ1v) is 32.2. The van der Waals surface area contributed by atoms with E-state index in [0.29, 0.717) is 12.8 Å². The Balaban J connectivity index is 1.60. The van der Waals surface area contributed by atoms with Crippen LogP contribution in [0.15, 0.2) is 36.5 Å². The third kappa shape index (κ3) is 34.6. The van der Waals surface area contributed by atoms with Gasteiger partial charge in [0, 0.05) is 6.42 Å². The number of rotatable bonds is 52. The van der Waals surface area contributed by atoms with E-state index in [1.54, 1.807) is 6.08 Å². The molecular weight excluding hydrogens is 991 g/mol. The van der Waals surface area contributed by atoms with Crippen molar-refractivity contribution in [2.75, 3.05) is 19.8 Å². The molecule has 0 bridgehead atoms. The molecule has 0 saturated carbocycles. The highest BCUT2D eigenvalue weighted by Crippen LogP contribution is 2.30. The molecule has 2 aliphatic heterocycles. The minimum atomic E-state index is -1.79. The summed E-state index contributed by atoms with van der Waals surface area (Å²) < 4.78 is 22.7. The average molecular weight is 1110 g/mol. The van der Waals surface area contributed by atoms with Crippen LogP contribution in [0.5, 0.6) is 0 Å². The maximum absolute atomic E-state index is 13.2. The van der Waals surface area contributed by atoms with Gasteiger partial charge in [-0.1, -0.05) is 262 Å². The monoisotopic (exact) mass is 1110 g/mol. The number of hydrogen-bond donors (Lipinski definition) is 9. The van der Waals surface area contributed by atoms with E-state index < -0.39 is 86.8 Å². The molecule has 78 heavy (non-hydrogen) atoms. The van der Waals surface area contributed by atoms with Gasteiger partial charge in [0.15, 0.2) is 12.6 Å². The summed E-state index contributed by atoms with van der Waals surface area (Å²) in [5, 5.41) is 86.9. The van der Waals surface area contributed by atoms with E-state index in [9.17, 15) is 45.6 Å². The molecule has 0 radical (unpaired) electrons. The first kappa shape index (κ1) is 72.3. The first-order valence-electron chi connectivity index (χ1n) is 32.2. The summed E-state index contributed by atoms with van der Waals surface area (Å²) in [6.07, 6.45) is 45.3. The number of carbonyl (C=O) groups excluding carboxylic acids is 1. The zero-order chi connectivity index (χ0) is 56.7. The molecule has 12 atom stereocenters. The number of amides is 1. The zero-order valence-corrected chi connectivity index (χ0v) is 49.4. The number of ether oxygens (including phenoxy) is 4. The largest absolute Gasteiger partial charge is 0.394 e. The standard InChI is InChI=1S/C64H119NO13/c1-3-5-7-9-11-13-15-16-17-18-19-20-21-22-23-24-25-26-27-28-29-30-31-32-33-34-35-36-38-40-42-44-46-48-56(69)65-52(53(68)47-45-43-41-39-37-14-12-10-8-6-4-2)51-75-63-61(74)59(72)62(55(50-67)77-63)78-64-60(73)58(71)57(70)54(49-66)76-64/h8,10,37,39,45,47,52-55,57-64,66-68,70-74H,3-7,9,11-36,38,40-44,46,48-51H2,1-2H3,(H,65,69)/b10-8+,39-37+,47-45+. The fraction of sp³-hybridized carbons (Fsp3) is 0.891. The van der Waals surface area contributed by atoms with Crippen molar-refractivity contribution < 1.29 is 64.6 Å². The van der Waals surface area contributed by atoms with Crippen molar-refractivity contribution in [2.45, 2.75) is 344 Å². The van der Waals surface area contributed by atoms with Crippen LogP contribution in [0.1, 0.15) is 271 Å². The molecule has 0 aliphatic carbocycles. The van der Waals surface area contributed by atoms with Gasteiger partial charge in [-0.3, -0.25) is 4.79 Å². The van der Waals surface area contributed by atoms with Gasteiger partial charge < -0.3 is 65.1 Å². The van der Waals surface area contributed by atoms with Gasteiger partial charge in [-0.05, 0) is 38.5 Å². The molecule has 12 unspecified atom stereocenters. The number of unbranched alkanes of at least 4 members (excludes halogenated alkanes) is 35. The Hall–Kier alpha value is -1.79. The number of aliphatic hydroxyl groups excluding tert-OH is 8. The fourth-order valence-corrected chi connectivity index (χ4v) is 10.6. The predicted molar refractivity (Wildman–Crippen MR) is 314 cm³/mol. The molecule has 0 aromatic heterocycles. The fourth-order valence-electron chi connectivity index (χ4n) is 10.6. The normalized spacial score (nSPS) is 24.7. The smallest absolute Gasteiger partial charge is 0.220 e. The van der Waals surface area contributed by atoms with Gasteiger partial charge >= 0.3 is 0 Å². The lowest BCUT2D eigenvalue weighted by molar-refractivity contribution is -0.359. The maximum Gasteiger partial charge on any atom is 0.220 e. The molecule has 2 aliphatic rings. The number of aliphatic hydroxyl groups is 8. The number of hydrogen-bond acceptors (Lipinski definition) is 13. The van der Waals surface area contributed by atoms with Gasteiger partial charge in [0.2, 0.25) is 5.91 Å². The van der Waals surface area contributed by atoms with Crippen molar-refractivity contribution in [3.8, 4) is 0 Å². The van der Waals surface area contributed by atoms with Crippen LogP contribution in [0.2, 0.25) is 0 Å². The second kappa shape index (κ2) is 49.8. The highest BCUT2D eigenvalue weighted by molar-refractivity contribution is 5.76. The van der Waals surface area contributed by atoms with Crippen LogP contribution in [0.3, 0.4) is 0 Å². The van der Waals surface area contributed by atoms with Gasteiger partial charge in [-0.2, -0.15) is 0 Å². The predicted octanol–water partition coefficient (Wildman–Crippen LogP) is 11.8. The first-order chi connectivity index (χ1) is 38.1. The molecule has 14 nitrogen and oxygen atoms in total. The molecule has 2 heterocycles. The SMILES string of the molecule is CCC/C=C/CC/C=C/CC/C=C/C(O)C(COC1OC(CO)C(OC2OC(CO)C(O)C(O)C2O)C(O)C1O)NC(=O)CCCCCCCCCCCCCCCCCCCCCCCCCCCCCCCCCCC. The van der Waals surface area contributed by atoms with Crippen LogP contribution >= 0.6 is 0 Å². The summed E-state index contributed by atoms with van der Waals surface area (Å²) in [6.45, 7) is 2.71. The van der Waals surface area contributed by atoms with Crippen molar-refractivity contribution in [3.63, 3.8) is 0 Å². The average Bonchev–Trinajstić information content (AvgIpc) is 3.45. The van der Waals surface area contributed by atoms with E-state index in [4.69, 9.17) is 18.9 Å². The molecule has 458 valence electrons. The summed E-state index contributed by atoms with van der Waals surface area (Å²) in [4.78, 5) is 13.2. The Morgan fingerprint density at radius 3 is 1.23 bits per heavy atom. The quantitative estimate of drug-likeness (QED) is 0.0204. The molecule has 2 saturated heterocycles. The summed E-state index contributed by atoms with van der Waals surface area (Å²) >= 11 is 0. The van der Waals surface area contributed by atoms with E-state index in [1.807, 2.05) is 6.08 Å². The lowest BCUT2D eigenvalue weighted by Gasteiger charge is -2.46. The Bertz CT molecular complexity index is 1450. The Morgan fingerprint density at radius 2 is 0.821 bits per heavy atom. The van der Waals surface area contributed by atoms with Crippen LogP contribution in [-0.2, 0) is 23.7 Å². The summed E-state index contributed by atoms with van der Waals surface area (Å²) in [5.41, 5.74) is 0. The Morgan fingerprint density at radius 1 is 0.449 bits per heavy atom. The molecule has 2 fully saturated rings. The molecule has 14 heteroatoms. The minimum absolute atomic E-state index is 0.251. The number of nitrogens with one attached hydrogen (secondary N) is 1. The van der Waals surface area contributed by atoms with E-state index >= 15 is 0 Å². The molecule has 0 aromatic carbocycles. The third-order valence-electron chi connectivity index (χ3n) is 15.8. The number of allylic oxidation sites excluding steroid dienone is 5. The van der Waals surface area contributed by atoms with E-state index in [-0.39, 0.29) is 18.9 Å². The van der Waals surface area contributed by atoms with Gasteiger partial charge in [0.1, 0.15) is 48.8 Å². The lowest BCUT2D eigenvalue weighted by atomic mass is 9.97. The van der Waals surface area contributed by atoms with Crippen LogP contribution in [0, 0.1) is 0 Å². The molecule has 0 aromatic rings. The lowest BCUT2D eigenvalue weighted by Crippen LogP contribution is -2.65. The van der Waals surface area contributed by atoms with E-state index in [2.05, 4.69) is 43.5 Å². The maximum atomic E-state index is 13.2. The summed E-state index contributed by atoms with van der Waals surface area (Å²) in [7, 11) is 0. The Labute approximate surface area is 474 Å². The summed E-state index contributed by atoms with van der Waals surface area (Å²) in [5.74, 6) is -0.251. The van der Waals surface area contributed by atoms with Gasteiger partial charge in [-0.15, -0.1) is 0 Å². The third-order valence-corrected chi connectivity index (χ3v) is 15.8. The highest BCUT2D eigenvalue weighted by atomic mass is 16.7. The molecule has 1 amide bonds.